The quantitative estimate of drug-likeness (QED) is 0.592. The van der Waals surface area contributed by atoms with Crippen molar-refractivity contribution in [3.63, 3.8) is 0 Å². The first-order chi connectivity index (χ1) is 15.1. The molecule has 1 aliphatic rings. The minimum absolute atomic E-state index is 0.0652. The lowest BCUT2D eigenvalue weighted by Gasteiger charge is -2.29. The minimum atomic E-state index is -0.0652. The Morgan fingerprint density at radius 1 is 1.06 bits per heavy atom. The molecule has 0 saturated carbocycles. The molecule has 4 rings (SSSR count). The molecular formula is C25H30N4O2. The van der Waals surface area contributed by atoms with Crippen LogP contribution >= 0.6 is 0 Å². The van der Waals surface area contributed by atoms with Gasteiger partial charge in [0.15, 0.2) is 0 Å². The minimum Gasteiger partial charge on any atom is -0.494 e. The summed E-state index contributed by atoms with van der Waals surface area (Å²) < 4.78 is 7.68. The topological polar surface area (TPSA) is 59.4 Å². The largest absolute Gasteiger partial charge is 0.494 e. The van der Waals surface area contributed by atoms with Crippen LogP contribution in [0.5, 0.6) is 5.75 Å². The molecule has 31 heavy (non-hydrogen) atoms. The Bertz CT molecular complexity index is 1010. The van der Waals surface area contributed by atoms with Crippen LogP contribution in [0.2, 0.25) is 0 Å². The third-order valence-corrected chi connectivity index (χ3v) is 5.44. The molecule has 1 N–H and O–H groups in total. The van der Waals surface area contributed by atoms with Gasteiger partial charge in [0, 0.05) is 37.8 Å². The molecule has 0 fully saturated rings. The number of anilines is 1. The number of nitrogens with zero attached hydrogens (tertiary/aromatic N) is 3. The number of rotatable bonds is 8. The number of amides is 1. The number of fused-ring (bicyclic) bond motifs is 1. The molecule has 1 aliphatic heterocycles. The average molecular weight is 419 g/mol. The first kappa shape index (κ1) is 21.0. The van der Waals surface area contributed by atoms with E-state index in [0.717, 1.165) is 49.5 Å². The van der Waals surface area contributed by atoms with Gasteiger partial charge in [0.25, 0.3) is 5.91 Å². The van der Waals surface area contributed by atoms with Crippen LogP contribution in [-0.2, 0) is 19.6 Å². The highest BCUT2D eigenvalue weighted by Gasteiger charge is 2.18. The molecule has 0 bridgehead atoms. The molecule has 1 amide bonds. The maximum atomic E-state index is 12.5. The van der Waals surface area contributed by atoms with Crippen molar-refractivity contribution in [2.75, 3.05) is 18.1 Å². The Balaban J connectivity index is 1.31. The highest BCUT2D eigenvalue weighted by Crippen LogP contribution is 2.23. The van der Waals surface area contributed by atoms with Gasteiger partial charge in [-0.1, -0.05) is 31.2 Å². The van der Waals surface area contributed by atoms with Gasteiger partial charge in [0.2, 0.25) is 0 Å². The summed E-state index contributed by atoms with van der Waals surface area (Å²) in [6.07, 6.45) is 2.08. The van der Waals surface area contributed by atoms with E-state index in [4.69, 9.17) is 4.74 Å². The van der Waals surface area contributed by atoms with Gasteiger partial charge < -0.3 is 15.0 Å². The van der Waals surface area contributed by atoms with E-state index in [1.54, 1.807) is 0 Å². The van der Waals surface area contributed by atoms with Crippen LogP contribution in [0.1, 0.15) is 46.9 Å². The first-order valence-electron chi connectivity index (χ1n) is 11.0. The lowest BCUT2D eigenvalue weighted by molar-refractivity contribution is 0.0951. The fourth-order valence-corrected chi connectivity index (χ4v) is 3.83. The summed E-state index contributed by atoms with van der Waals surface area (Å²) in [7, 11) is 0. The monoisotopic (exact) mass is 418 g/mol. The van der Waals surface area contributed by atoms with E-state index in [2.05, 4.69) is 33.0 Å². The van der Waals surface area contributed by atoms with Crippen LogP contribution in [0.4, 0.5) is 5.82 Å². The molecule has 6 heteroatoms. The van der Waals surface area contributed by atoms with E-state index < -0.39 is 0 Å². The van der Waals surface area contributed by atoms with Gasteiger partial charge in [-0.3, -0.25) is 4.79 Å². The summed E-state index contributed by atoms with van der Waals surface area (Å²) in [6, 6.07) is 17.9. The number of hydrogen-bond donors (Lipinski definition) is 1. The number of benzene rings is 2. The zero-order chi connectivity index (χ0) is 21.6. The molecule has 162 valence electrons. The second-order valence-corrected chi connectivity index (χ2v) is 8.01. The number of nitrogens with one attached hydrogen (secondary N) is 1. The number of carbonyl (C=O) groups is 1. The zero-order valence-corrected chi connectivity index (χ0v) is 18.3. The van der Waals surface area contributed by atoms with E-state index in [0.29, 0.717) is 18.7 Å². The van der Waals surface area contributed by atoms with E-state index in [9.17, 15) is 4.79 Å². The third-order valence-electron chi connectivity index (χ3n) is 5.44. The summed E-state index contributed by atoms with van der Waals surface area (Å²) in [5.74, 6) is 1.97. The maximum Gasteiger partial charge on any atom is 0.251 e. The van der Waals surface area contributed by atoms with Gasteiger partial charge >= 0.3 is 0 Å². The number of aromatic nitrogens is 2. The fourth-order valence-electron chi connectivity index (χ4n) is 3.83. The summed E-state index contributed by atoms with van der Waals surface area (Å²) in [4.78, 5) is 14.9. The van der Waals surface area contributed by atoms with Crippen LogP contribution in [0.15, 0.2) is 54.6 Å². The molecule has 0 radical (unpaired) electrons. The van der Waals surface area contributed by atoms with Crippen molar-refractivity contribution in [2.24, 2.45) is 0 Å². The SMILES string of the molecule is CCCOc1ccc(CNC(=O)c2ccc(CN3CCCn4nc(C)cc43)cc2)cc1. The summed E-state index contributed by atoms with van der Waals surface area (Å²) in [5.41, 5.74) is 3.96. The summed E-state index contributed by atoms with van der Waals surface area (Å²) in [6.45, 7) is 8.15. The van der Waals surface area contributed by atoms with Crippen LogP contribution < -0.4 is 15.0 Å². The highest BCUT2D eigenvalue weighted by atomic mass is 16.5. The van der Waals surface area contributed by atoms with E-state index >= 15 is 0 Å². The van der Waals surface area contributed by atoms with Crippen LogP contribution in [0.25, 0.3) is 0 Å². The maximum absolute atomic E-state index is 12.5. The van der Waals surface area contributed by atoms with Crippen LogP contribution in [0, 0.1) is 6.92 Å². The van der Waals surface area contributed by atoms with E-state index in [1.165, 1.54) is 11.4 Å². The Morgan fingerprint density at radius 3 is 2.55 bits per heavy atom. The molecule has 0 saturated heterocycles. The van der Waals surface area contributed by atoms with Crippen LogP contribution in [-0.4, -0.2) is 28.8 Å². The van der Waals surface area contributed by atoms with E-state index in [1.807, 2.05) is 55.5 Å². The van der Waals surface area contributed by atoms with Crippen molar-refractivity contribution in [2.45, 2.75) is 46.3 Å². The summed E-state index contributed by atoms with van der Waals surface area (Å²) in [5, 5.41) is 7.55. The lowest BCUT2D eigenvalue weighted by Crippen LogP contribution is -2.31. The first-order valence-corrected chi connectivity index (χ1v) is 11.0. The fraction of sp³-hybridized carbons (Fsp3) is 0.360. The van der Waals surface area contributed by atoms with Crippen molar-refractivity contribution in [1.29, 1.82) is 0 Å². The lowest BCUT2D eigenvalue weighted by atomic mass is 10.1. The molecule has 0 atom stereocenters. The van der Waals surface area contributed by atoms with Crippen molar-refractivity contribution in [1.82, 2.24) is 15.1 Å². The highest BCUT2D eigenvalue weighted by molar-refractivity contribution is 5.94. The van der Waals surface area contributed by atoms with Gasteiger partial charge in [0.1, 0.15) is 11.6 Å². The smallest absolute Gasteiger partial charge is 0.251 e. The van der Waals surface area contributed by atoms with Crippen LogP contribution in [0.3, 0.4) is 0 Å². The zero-order valence-electron chi connectivity index (χ0n) is 18.3. The molecule has 0 spiro atoms. The number of carbonyl (C=O) groups excluding carboxylic acids is 1. The predicted octanol–water partition coefficient (Wildman–Crippen LogP) is 4.32. The van der Waals surface area contributed by atoms with Gasteiger partial charge in [0.05, 0.1) is 12.3 Å². The number of aryl methyl sites for hydroxylation is 2. The van der Waals surface area contributed by atoms with Crippen molar-refractivity contribution in [3.8, 4) is 5.75 Å². The molecule has 6 nitrogen and oxygen atoms in total. The molecule has 1 aromatic heterocycles. The summed E-state index contributed by atoms with van der Waals surface area (Å²) >= 11 is 0. The standard InChI is InChI=1S/C25H30N4O2/c1-3-15-31-23-11-7-20(8-12-23)17-26-25(30)22-9-5-21(6-10-22)18-28-13-4-14-29-24(28)16-19(2)27-29/h5-12,16H,3-4,13-15,17-18H2,1-2H3,(H,26,30). The Kier molecular flexibility index (Phi) is 6.55. The van der Waals surface area contributed by atoms with Crippen molar-refractivity contribution >= 4 is 11.7 Å². The predicted molar refractivity (Wildman–Crippen MR) is 122 cm³/mol. The number of hydrogen-bond acceptors (Lipinski definition) is 4. The van der Waals surface area contributed by atoms with Gasteiger partial charge in [-0.05, 0) is 55.2 Å². The molecule has 3 aromatic rings. The Hall–Kier alpha value is -3.28. The second-order valence-electron chi connectivity index (χ2n) is 8.01. The molecule has 0 unspecified atom stereocenters. The van der Waals surface area contributed by atoms with Gasteiger partial charge in [-0.15, -0.1) is 0 Å². The molecular weight excluding hydrogens is 388 g/mol. The molecule has 2 aromatic carbocycles. The number of ether oxygens (including phenoxy) is 1. The Labute approximate surface area is 183 Å². The normalized spacial score (nSPS) is 13.0. The second kappa shape index (κ2) is 9.69. The van der Waals surface area contributed by atoms with Gasteiger partial charge in [-0.25, -0.2) is 4.68 Å². The van der Waals surface area contributed by atoms with Gasteiger partial charge in [-0.2, -0.15) is 5.10 Å². The van der Waals surface area contributed by atoms with Crippen molar-refractivity contribution < 1.29 is 9.53 Å². The molecule has 2 heterocycles. The Morgan fingerprint density at radius 2 is 1.81 bits per heavy atom. The average Bonchev–Trinajstić information content (AvgIpc) is 3.18. The van der Waals surface area contributed by atoms with Crippen molar-refractivity contribution in [3.05, 3.63) is 77.0 Å². The third kappa shape index (κ3) is 5.26. The molecule has 0 aliphatic carbocycles. The van der Waals surface area contributed by atoms with E-state index in [-0.39, 0.29) is 5.91 Å².